The molecule has 0 saturated carbocycles. The van der Waals surface area contributed by atoms with Crippen molar-refractivity contribution < 1.29 is 9.53 Å². The highest BCUT2D eigenvalue weighted by atomic mass is 16.5. The molecule has 90 valence electrons. The van der Waals surface area contributed by atoms with Crippen LogP contribution in [0, 0.1) is 0 Å². The zero-order chi connectivity index (χ0) is 11.7. The van der Waals surface area contributed by atoms with Crippen molar-refractivity contribution in [3.05, 3.63) is 0 Å². The van der Waals surface area contributed by atoms with Crippen LogP contribution >= 0.6 is 0 Å². The molecule has 0 aliphatic rings. The molecule has 0 radical (unpaired) electrons. The lowest BCUT2D eigenvalue weighted by atomic mass is 10.3. The van der Waals surface area contributed by atoms with Gasteiger partial charge in [-0.3, -0.25) is 9.69 Å². The first-order valence-corrected chi connectivity index (χ1v) is 5.23. The summed E-state index contributed by atoms with van der Waals surface area (Å²) in [5.74, 6) is 0.127. The van der Waals surface area contributed by atoms with Crippen LogP contribution in [-0.4, -0.2) is 69.7 Å². The van der Waals surface area contributed by atoms with Gasteiger partial charge in [0.15, 0.2) is 0 Å². The Balaban J connectivity index is 3.70. The molecule has 5 nitrogen and oxygen atoms in total. The van der Waals surface area contributed by atoms with E-state index in [4.69, 9.17) is 10.5 Å². The second kappa shape index (κ2) is 8.64. The molecule has 1 amide bonds. The minimum atomic E-state index is 0.127. The maximum absolute atomic E-state index is 11.6. The van der Waals surface area contributed by atoms with Crippen molar-refractivity contribution in [2.75, 3.05) is 54.0 Å². The fourth-order valence-corrected chi connectivity index (χ4v) is 1.13. The predicted molar refractivity (Wildman–Crippen MR) is 60.7 cm³/mol. The fraction of sp³-hybridized carbons (Fsp3) is 0.900. The highest BCUT2D eigenvalue weighted by molar-refractivity contribution is 5.77. The van der Waals surface area contributed by atoms with Gasteiger partial charge >= 0.3 is 0 Å². The number of amides is 1. The van der Waals surface area contributed by atoms with E-state index in [1.165, 1.54) is 0 Å². The smallest absolute Gasteiger partial charge is 0.236 e. The number of ether oxygens (including phenoxy) is 1. The largest absolute Gasteiger partial charge is 0.383 e. The zero-order valence-corrected chi connectivity index (χ0v) is 10.0. The van der Waals surface area contributed by atoms with Gasteiger partial charge in [0.1, 0.15) is 0 Å². The van der Waals surface area contributed by atoms with Crippen molar-refractivity contribution in [1.82, 2.24) is 9.80 Å². The summed E-state index contributed by atoms with van der Waals surface area (Å²) in [5.41, 5.74) is 5.38. The molecule has 0 aromatic rings. The first-order valence-electron chi connectivity index (χ1n) is 5.23. The number of nitrogens with zero attached hydrogens (tertiary/aromatic N) is 2. The highest BCUT2D eigenvalue weighted by Crippen LogP contribution is 1.91. The van der Waals surface area contributed by atoms with E-state index in [0.717, 1.165) is 19.5 Å². The van der Waals surface area contributed by atoms with Crippen LogP contribution in [0.5, 0.6) is 0 Å². The lowest BCUT2D eigenvalue weighted by Gasteiger charge is -2.21. The molecule has 0 spiro atoms. The van der Waals surface area contributed by atoms with E-state index in [1.54, 1.807) is 12.0 Å². The average Bonchev–Trinajstić information content (AvgIpc) is 2.22. The third kappa shape index (κ3) is 7.30. The van der Waals surface area contributed by atoms with Crippen LogP contribution < -0.4 is 5.73 Å². The van der Waals surface area contributed by atoms with Crippen LogP contribution in [0.15, 0.2) is 0 Å². The average molecular weight is 217 g/mol. The molecule has 0 heterocycles. The van der Waals surface area contributed by atoms with Crippen molar-refractivity contribution in [2.45, 2.75) is 6.42 Å². The monoisotopic (exact) mass is 217 g/mol. The number of rotatable bonds is 8. The number of hydrogen-bond donors (Lipinski definition) is 1. The summed E-state index contributed by atoms with van der Waals surface area (Å²) in [6, 6.07) is 0. The second-order valence-electron chi connectivity index (χ2n) is 3.69. The molecule has 5 heteroatoms. The molecule has 0 saturated heterocycles. The molecule has 2 N–H and O–H groups in total. The van der Waals surface area contributed by atoms with E-state index in [9.17, 15) is 4.79 Å². The normalized spacial score (nSPS) is 10.7. The van der Waals surface area contributed by atoms with Gasteiger partial charge < -0.3 is 15.4 Å². The van der Waals surface area contributed by atoms with Crippen LogP contribution in [0.3, 0.4) is 0 Å². The van der Waals surface area contributed by atoms with Crippen molar-refractivity contribution in [3.8, 4) is 0 Å². The summed E-state index contributed by atoms with van der Waals surface area (Å²) in [7, 11) is 5.37. The Labute approximate surface area is 92.2 Å². The van der Waals surface area contributed by atoms with Crippen LogP contribution in [0.25, 0.3) is 0 Å². The lowest BCUT2D eigenvalue weighted by molar-refractivity contribution is -0.130. The number of carbonyl (C=O) groups is 1. The third-order valence-corrected chi connectivity index (χ3v) is 2.21. The van der Waals surface area contributed by atoms with E-state index >= 15 is 0 Å². The van der Waals surface area contributed by atoms with Crippen LogP contribution in [0.4, 0.5) is 0 Å². The highest BCUT2D eigenvalue weighted by Gasteiger charge is 2.10. The Morgan fingerprint density at radius 1 is 1.33 bits per heavy atom. The Bertz CT molecular complexity index is 176. The predicted octanol–water partition coefficient (Wildman–Crippen LogP) is -0.628. The summed E-state index contributed by atoms with van der Waals surface area (Å²) >= 11 is 0. The van der Waals surface area contributed by atoms with Gasteiger partial charge in [-0.2, -0.15) is 0 Å². The molecule has 15 heavy (non-hydrogen) atoms. The van der Waals surface area contributed by atoms with E-state index < -0.39 is 0 Å². The summed E-state index contributed by atoms with van der Waals surface area (Å²) < 4.78 is 4.94. The summed E-state index contributed by atoms with van der Waals surface area (Å²) in [5, 5.41) is 0. The Morgan fingerprint density at radius 2 is 2.00 bits per heavy atom. The summed E-state index contributed by atoms with van der Waals surface area (Å²) in [6.45, 7) is 3.21. The summed E-state index contributed by atoms with van der Waals surface area (Å²) in [4.78, 5) is 15.3. The number of methoxy groups -OCH3 is 1. The fourth-order valence-electron chi connectivity index (χ4n) is 1.13. The quantitative estimate of drug-likeness (QED) is 0.588. The van der Waals surface area contributed by atoms with Crippen LogP contribution in [0.2, 0.25) is 0 Å². The zero-order valence-electron chi connectivity index (χ0n) is 10.0. The maximum Gasteiger partial charge on any atom is 0.236 e. The molecule has 0 aromatic heterocycles. The van der Waals surface area contributed by atoms with Gasteiger partial charge in [0, 0.05) is 27.2 Å². The molecule has 0 aliphatic carbocycles. The van der Waals surface area contributed by atoms with Gasteiger partial charge in [-0.15, -0.1) is 0 Å². The summed E-state index contributed by atoms with van der Waals surface area (Å²) in [6.07, 6.45) is 0.851. The first kappa shape index (κ1) is 14.3. The van der Waals surface area contributed by atoms with Crippen molar-refractivity contribution in [2.24, 2.45) is 5.73 Å². The van der Waals surface area contributed by atoms with Gasteiger partial charge in [0.25, 0.3) is 0 Å². The van der Waals surface area contributed by atoms with E-state index in [0.29, 0.717) is 19.7 Å². The molecule has 0 aromatic carbocycles. The Hall–Kier alpha value is -0.650. The minimum absolute atomic E-state index is 0.127. The van der Waals surface area contributed by atoms with Gasteiger partial charge in [0.2, 0.25) is 5.91 Å². The maximum atomic E-state index is 11.6. The topological polar surface area (TPSA) is 58.8 Å². The molecular weight excluding hydrogens is 194 g/mol. The number of nitrogens with two attached hydrogens (primary N) is 1. The number of carbonyl (C=O) groups excluding carboxylic acids is 1. The second-order valence-corrected chi connectivity index (χ2v) is 3.69. The Morgan fingerprint density at radius 3 is 2.53 bits per heavy atom. The van der Waals surface area contributed by atoms with Crippen molar-refractivity contribution in [3.63, 3.8) is 0 Å². The lowest BCUT2D eigenvalue weighted by Crippen LogP contribution is -2.38. The first-order chi connectivity index (χ1) is 7.11. The van der Waals surface area contributed by atoms with Crippen LogP contribution in [0.1, 0.15) is 6.42 Å². The van der Waals surface area contributed by atoms with Gasteiger partial charge in [0.05, 0.1) is 13.2 Å². The standard InChI is InChI=1S/C10H23N3O2/c1-12(7-8-15-3)9-10(14)13(2)6-4-5-11/h4-9,11H2,1-3H3. The van der Waals surface area contributed by atoms with Gasteiger partial charge in [-0.1, -0.05) is 0 Å². The third-order valence-electron chi connectivity index (χ3n) is 2.21. The number of hydrogen-bond acceptors (Lipinski definition) is 4. The molecule has 0 bridgehead atoms. The van der Waals surface area contributed by atoms with Crippen molar-refractivity contribution >= 4 is 5.91 Å². The molecule has 0 rings (SSSR count). The van der Waals surface area contributed by atoms with E-state index in [-0.39, 0.29) is 5.91 Å². The Kier molecular flexibility index (Phi) is 8.27. The molecule has 0 fully saturated rings. The minimum Gasteiger partial charge on any atom is -0.383 e. The molecule has 0 aliphatic heterocycles. The molecule has 0 atom stereocenters. The molecule has 0 unspecified atom stereocenters. The van der Waals surface area contributed by atoms with Gasteiger partial charge in [-0.05, 0) is 20.0 Å². The SMILES string of the molecule is COCCN(C)CC(=O)N(C)CCCN. The van der Waals surface area contributed by atoms with E-state index in [2.05, 4.69) is 0 Å². The van der Waals surface area contributed by atoms with Gasteiger partial charge in [-0.25, -0.2) is 0 Å². The van der Waals surface area contributed by atoms with Crippen LogP contribution in [-0.2, 0) is 9.53 Å². The van der Waals surface area contributed by atoms with E-state index in [1.807, 2.05) is 19.0 Å². The number of likely N-dealkylation sites (N-methyl/N-ethyl adjacent to an activating group) is 2. The molecular formula is C10H23N3O2. The van der Waals surface area contributed by atoms with Crippen molar-refractivity contribution in [1.29, 1.82) is 0 Å².